The van der Waals surface area contributed by atoms with E-state index in [-0.39, 0.29) is 11.8 Å². The molecule has 0 saturated carbocycles. The van der Waals surface area contributed by atoms with Gasteiger partial charge in [0.2, 0.25) is 0 Å². The van der Waals surface area contributed by atoms with Crippen LogP contribution in [0.15, 0.2) is 42.6 Å². The van der Waals surface area contributed by atoms with Gasteiger partial charge in [-0.2, -0.15) is 0 Å². The van der Waals surface area contributed by atoms with E-state index in [2.05, 4.69) is 15.2 Å². The lowest BCUT2D eigenvalue weighted by atomic mass is 9.97. The van der Waals surface area contributed by atoms with Crippen molar-refractivity contribution in [2.75, 3.05) is 56.1 Å². The van der Waals surface area contributed by atoms with Crippen LogP contribution in [0, 0.1) is 12.7 Å². The third-order valence-corrected chi connectivity index (χ3v) is 6.97. The molecule has 0 spiro atoms. The molecule has 1 aromatic heterocycles. The number of pyridine rings is 1. The summed E-state index contributed by atoms with van der Waals surface area (Å²) in [6.45, 7) is 6.58. The highest BCUT2D eigenvalue weighted by molar-refractivity contribution is 6.34. The van der Waals surface area contributed by atoms with Gasteiger partial charge in [0.15, 0.2) is 0 Å². The number of likely N-dealkylation sites (N-methyl/N-ethyl adjacent to an activating group) is 1. The molecule has 0 aliphatic carbocycles. The van der Waals surface area contributed by atoms with E-state index in [1.54, 1.807) is 41.2 Å². The highest BCUT2D eigenvalue weighted by Gasteiger charge is 2.28. The third-order valence-electron chi connectivity index (χ3n) is 6.67. The zero-order valence-corrected chi connectivity index (χ0v) is 20.4. The number of nitrogens with one attached hydrogen (secondary N) is 1. The first kappa shape index (κ1) is 23.4. The monoisotopic (exact) mass is 495 g/mol. The van der Waals surface area contributed by atoms with E-state index in [1.807, 2.05) is 13.0 Å². The van der Waals surface area contributed by atoms with Crippen molar-refractivity contribution < 1.29 is 14.3 Å². The zero-order chi connectivity index (χ0) is 24.7. The van der Waals surface area contributed by atoms with Gasteiger partial charge in [0, 0.05) is 69.2 Å². The number of halogens is 2. The van der Waals surface area contributed by atoms with Gasteiger partial charge in [0.1, 0.15) is 11.6 Å². The normalized spacial score (nSPS) is 16.3. The second-order valence-corrected chi connectivity index (χ2v) is 9.34. The van der Waals surface area contributed by atoms with Crippen LogP contribution in [-0.2, 0) is 0 Å². The van der Waals surface area contributed by atoms with Crippen molar-refractivity contribution >= 4 is 29.0 Å². The Kier molecular flexibility index (Phi) is 6.25. The van der Waals surface area contributed by atoms with Crippen LogP contribution in [0.1, 0.15) is 5.69 Å². The first-order valence-corrected chi connectivity index (χ1v) is 12.0. The highest BCUT2D eigenvalue weighted by Crippen LogP contribution is 2.42. The maximum Gasteiger partial charge on any atom is 0.324 e. The molecule has 0 unspecified atom stereocenters. The minimum absolute atomic E-state index is 0.0517. The second kappa shape index (κ2) is 9.36. The van der Waals surface area contributed by atoms with Crippen molar-refractivity contribution in [3.63, 3.8) is 0 Å². The molecule has 5 rings (SSSR count). The van der Waals surface area contributed by atoms with E-state index < -0.39 is 5.82 Å². The number of amides is 2. The number of nitrogens with zero attached hydrogens (tertiary/aromatic N) is 4. The van der Waals surface area contributed by atoms with Crippen LogP contribution in [0.2, 0.25) is 5.02 Å². The number of phenolic OH excluding ortho intramolecular Hbond substituents is 1. The number of hydrogen-bond acceptors (Lipinski definition) is 5. The van der Waals surface area contributed by atoms with Crippen LogP contribution < -0.4 is 15.1 Å². The van der Waals surface area contributed by atoms with Crippen LogP contribution in [-0.4, -0.2) is 67.3 Å². The number of carbonyl (C=O) groups excluding carboxylic acids is 1. The minimum atomic E-state index is -0.478. The van der Waals surface area contributed by atoms with E-state index in [9.17, 15) is 14.3 Å². The molecule has 2 fully saturated rings. The number of benzene rings is 2. The SMILES string of the molecule is Cc1ncc(-c2cc(F)cc(-c3ccc(N4CCN(C)C4=O)c(Cl)c3)c2O)cc1N1CCNCC1. The Bertz CT molecular complexity index is 1290. The van der Waals surface area contributed by atoms with Crippen molar-refractivity contribution in [2.45, 2.75) is 6.92 Å². The number of hydrogen-bond donors (Lipinski definition) is 2. The molecule has 2 amide bonds. The Hall–Kier alpha value is -3.36. The molecule has 182 valence electrons. The Morgan fingerprint density at radius 3 is 2.37 bits per heavy atom. The summed E-state index contributed by atoms with van der Waals surface area (Å²) in [6, 6.07) is 9.57. The van der Waals surface area contributed by atoms with Crippen LogP contribution in [0.4, 0.5) is 20.6 Å². The molecule has 0 atom stereocenters. The molecule has 2 aromatic carbocycles. The van der Waals surface area contributed by atoms with E-state index in [0.717, 1.165) is 37.6 Å². The van der Waals surface area contributed by atoms with Crippen LogP contribution in [0.5, 0.6) is 5.75 Å². The number of phenols is 1. The lowest BCUT2D eigenvalue weighted by Crippen LogP contribution is -2.43. The van der Waals surface area contributed by atoms with Gasteiger partial charge in [-0.25, -0.2) is 9.18 Å². The number of aromatic nitrogens is 1. The van der Waals surface area contributed by atoms with Crippen LogP contribution >= 0.6 is 11.6 Å². The number of aryl methyl sites for hydroxylation is 1. The quantitative estimate of drug-likeness (QED) is 0.557. The maximum absolute atomic E-state index is 14.8. The van der Waals surface area contributed by atoms with Crippen molar-refractivity contribution in [2.24, 2.45) is 0 Å². The number of anilines is 2. The molecule has 0 radical (unpaired) electrons. The largest absolute Gasteiger partial charge is 0.507 e. The van der Waals surface area contributed by atoms with Crippen LogP contribution in [0.3, 0.4) is 0 Å². The average molecular weight is 496 g/mol. The van der Waals surface area contributed by atoms with Crippen molar-refractivity contribution in [3.05, 3.63) is 59.1 Å². The number of urea groups is 1. The molecule has 2 N–H and O–H groups in total. The summed E-state index contributed by atoms with van der Waals surface area (Å²) < 4.78 is 14.8. The first-order chi connectivity index (χ1) is 16.8. The van der Waals surface area contributed by atoms with Crippen molar-refractivity contribution in [1.29, 1.82) is 0 Å². The van der Waals surface area contributed by atoms with Gasteiger partial charge in [0.05, 0.1) is 22.1 Å². The molecular weight excluding hydrogens is 469 g/mol. The Morgan fingerprint density at radius 2 is 1.71 bits per heavy atom. The van der Waals surface area contributed by atoms with Gasteiger partial charge in [-0.1, -0.05) is 17.7 Å². The maximum atomic E-state index is 14.8. The molecule has 2 saturated heterocycles. The third kappa shape index (κ3) is 4.39. The number of piperazine rings is 1. The molecule has 2 aliphatic heterocycles. The van der Waals surface area contributed by atoms with Gasteiger partial charge in [-0.3, -0.25) is 9.88 Å². The van der Waals surface area contributed by atoms with E-state index in [4.69, 9.17) is 11.6 Å². The summed E-state index contributed by atoms with van der Waals surface area (Å²) in [5, 5.41) is 14.9. The summed E-state index contributed by atoms with van der Waals surface area (Å²) in [4.78, 5) is 22.4. The molecule has 35 heavy (non-hydrogen) atoms. The zero-order valence-electron chi connectivity index (χ0n) is 19.7. The fourth-order valence-electron chi connectivity index (χ4n) is 4.70. The molecule has 0 bridgehead atoms. The number of aromatic hydroxyl groups is 1. The number of rotatable bonds is 4. The molecule has 7 nitrogen and oxygen atoms in total. The van der Waals surface area contributed by atoms with Gasteiger partial charge in [-0.15, -0.1) is 0 Å². The highest BCUT2D eigenvalue weighted by atomic mass is 35.5. The Morgan fingerprint density at radius 1 is 1.00 bits per heavy atom. The van der Waals surface area contributed by atoms with Gasteiger partial charge in [0.25, 0.3) is 0 Å². The van der Waals surface area contributed by atoms with E-state index >= 15 is 0 Å². The summed E-state index contributed by atoms with van der Waals surface area (Å²) in [5.74, 6) is -0.530. The van der Waals surface area contributed by atoms with Gasteiger partial charge >= 0.3 is 6.03 Å². The smallest absolute Gasteiger partial charge is 0.324 e. The summed E-state index contributed by atoms with van der Waals surface area (Å²) in [5.41, 5.74) is 4.32. The number of carbonyl (C=O) groups is 1. The molecule has 3 aromatic rings. The molecular formula is C26H27ClFN5O2. The van der Waals surface area contributed by atoms with Crippen LogP contribution in [0.25, 0.3) is 22.3 Å². The van der Waals surface area contributed by atoms with Crippen molar-refractivity contribution in [1.82, 2.24) is 15.2 Å². The minimum Gasteiger partial charge on any atom is -0.507 e. The predicted octanol–water partition coefficient (Wildman–Crippen LogP) is 4.50. The summed E-state index contributed by atoms with van der Waals surface area (Å²) in [6.07, 6.45) is 1.66. The predicted molar refractivity (Wildman–Crippen MR) is 137 cm³/mol. The topological polar surface area (TPSA) is 71.9 Å². The summed E-state index contributed by atoms with van der Waals surface area (Å²) in [7, 11) is 1.74. The standard InChI is InChI=1S/C26H27ClFN5O2/c1-16-24(32-7-5-29-6-8-32)12-18(15-30-16)21-14-19(28)13-20(25(21)34)17-3-4-23(22(27)11-17)33-10-9-31(2)26(33)35/h3-4,11-15,29,34H,5-10H2,1-2H3. The molecule has 2 aliphatic rings. The summed E-state index contributed by atoms with van der Waals surface area (Å²) >= 11 is 6.54. The molecule has 9 heteroatoms. The van der Waals surface area contributed by atoms with E-state index in [1.165, 1.54) is 12.1 Å². The lowest BCUT2D eigenvalue weighted by molar-refractivity contribution is 0.229. The second-order valence-electron chi connectivity index (χ2n) is 8.94. The van der Waals surface area contributed by atoms with Gasteiger partial charge in [-0.05, 0) is 42.8 Å². The first-order valence-electron chi connectivity index (χ1n) is 11.6. The Labute approximate surface area is 208 Å². The lowest BCUT2D eigenvalue weighted by Gasteiger charge is -2.30. The fourth-order valence-corrected chi connectivity index (χ4v) is 4.98. The van der Waals surface area contributed by atoms with E-state index in [0.29, 0.717) is 46.1 Å². The Balaban J connectivity index is 1.53. The fraction of sp³-hybridized carbons (Fsp3) is 0.308. The molecule has 3 heterocycles. The van der Waals surface area contributed by atoms with Crippen molar-refractivity contribution in [3.8, 4) is 28.0 Å². The average Bonchev–Trinajstić information content (AvgIpc) is 3.19. The van der Waals surface area contributed by atoms with Gasteiger partial charge < -0.3 is 20.2 Å².